The van der Waals surface area contributed by atoms with E-state index >= 15 is 0 Å². The first-order valence-electron chi connectivity index (χ1n) is 14.0. The molecule has 220 valence electrons. The number of Topliss-reactive ketones (excluding diaryl/α,β-unsaturated/α-hetero) is 1. The summed E-state index contributed by atoms with van der Waals surface area (Å²) < 4.78 is 19.8. The first kappa shape index (κ1) is 28.2. The van der Waals surface area contributed by atoms with Gasteiger partial charge in [-0.3, -0.25) is 18.9 Å². The van der Waals surface area contributed by atoms with Gasteiger partial charge in [0.1, 0.15) is 17.1 Å². The first-order chi connectivity index (χ1) is 20.9. The third-order valence-corrected chi connectivity index (χ3v) is 8.14. The standard InChI is InChI=1S/C32H30N4O6S/c1-5-40-20-12-13-21-24(17-20)43-32(34-21)36-28(19-11-14-22(41-6-2)23(16-19)42-7-3)26(30(38)31(36)39)29(37)27-18(4)33-25-10-8-9-15-35(25)27/h8-17,28,37H,5-7H2,1-4H3/b29-26+. The number of thiazole rings is 1. The van der Waals surface area contributed by atoms with Crippen molar-refractivity contribution < 1.29 is 28.9 Å². The molecule has 5 aromatic rings. The van der Waals surface area contributed by atoms with E-state index in [1.54, 1.807) is 47.9 Å². The molecule has 10 nitrogen and oxygen atoms in total. The number of aromatic nitrogens is 3. The van der Waals surface area contributed by atoms with E-state index < -0.39 is 17.7 Å². The Morgan fingerprint density at radius 2 is 1.70 bits per heavy atom. The van der Waals surface area contributed by atoms with Crippen LogP contribution < -0.4 is 19.1 Å². The van der Waals surface area contributed by atoms with E-state index in [-0.39, 0.29) is 11.3 Å². The van der Waals surface area contributed by atoms with Gasteiger partial charge in [0.15, 0.2) is 22.4 Å². The second kappa shape index (κ2) is 11.4. The zero-order valence-corrected chi connectivity index (χ0v) is 25.0. The van der Waals surface area contributed by atoms with Crippen LogP contribution in [0.1, 0.15) is 43.8 Å². The molecular weight excluding hydrogens is 568 g/mol. The molecule has 1 aliphatic heterocycles. The molecule has 43 heavy (non-hydrogen) atoms. The van der Waals surface area contributed by atoms with Gasteiger partial charge in [0.05, 0.1) is 47.3 Å². The van der Waals surface area contributed by atoms with Crippen molar-refractivity contribution in [3.8, 4) is 17.2 Å². The number of imidazole rings is 1. The van der Waals surface area contributed by atoms with Crippen molar-refractivity contribution in [3.63, 3.8) is 0 Å². The normalized spacial score (nSPS) is 16.4. The highest BCUT2D eigenvalue weighted by Gasteiger charge is 2.49. The summed E-state index contributed by atoms with van der Waals surface area (Å²) in [5.41, 5.74) is 2.58. The average Bonchev–Trinajstić information content (AvgIpc) is 3.64. The van der Waals surface area contributed by atoms with Gasteiger partial charge in [-0.2, -0.15) is 0 Å². The Hall–Kier alpha value is -4.90. The Kier molecular flexibility index (Phi) is 7.49. The molecule has 6 rings (SSSR count). The molecular formula is C32H30N4O6S. The Balaban J connectivity index is 1.58. The third-order valence-electron chi connectivity index (χ3n) is 7.12. The summed E-state index contributed by atoms with van der Waals surface area (Å²) in [6.45, 7) is 8.71. The first-order valence-corrected chi connectivity index (χ1v) is 14.9. The topological polar surface area (TPSA) is 115 Å². The summed E-state index contributed by atoms with van der Waals surface area (Å²) in [6, 6.07) is 15.2. The fourth-order valence-electron chi connectivity index (χ4n) is 5.36. The summed E-state index contributed by atoms with van der Waals surface area (Å²) in [7, 11) is 0. The van der Waals surface area contributed by atoms with Crippen molar-refractivity contribution in [3.05, 3.63) is 83.3 Å². The van der Waals surface area contributed by atoms with Crippen LogP contribution in [0.2, 0.25) is 0 Å². The van der Waals surface area contributed by atoms with Gasteiger partial charge >= 0.3 is 5.91 Å². The zero-order chi connectivity index (χ0) is 30.2. The smallest absolute Gasteiger partial charge is 0.301 e. The van der Waals surface area contributed by atoms with Gasteiger partial charge in [0.25, 0.3) is 5.78 Å². The molecule has 11 heteroatoms. The summed E-state index contributed by atoms with van der Waals surface area (Å²) >= 11 is 1.27. The Bertz CT molecular complexity index is 1910. The number of anilines is 1. The number of fused-ring (bicyclic) bond motifs is 2. The summed E-state index contributed by atoms with van der Waals surface area (Å²) in [5, 5.41) is 12.2. The number of ketones is 1. The van der Waals surface area contributed by atoms with E-state index in [0.717, 1.165) is 4.70 Å². The number of hydrogen-bond donors (Lipinski definition) is 1. The van der Waals surface area contributed by atoms with Crippen molar-refractivity contribution in [1.82, 2.24) is 14.4 Å². The number of hydrogen-bond acceptors (Lipinski definition) is 9. The molecule has 0 spiro atoms. The number of pyridine rings is 1. The molecule has 0 saturated carbocycles. The van der Waals surface area contributed by atoms with Crippen LogP contribution in [0.3, 0.4) is 0 Å². The third kappa shape index (κ3) is 4.85. The molecule has 4 heterocycles. The Morgan fingerprint density at radius 3 is 2.47 bits per heavy atom. The highest BCUT2D eigenvalue weighted by molar-refractivity contribution is 7.22. The van der Waals surface area contributed by atoms with Gasteiger partial charge in [0.2, 0.25) is 0 Å². The van der Waals surface area contributed by atoms with Crippen molar-refractivity contribution in [2.45, 2.75) is 33.7 Å². The Morgan fingerprint density at radius 1 is 0.930 bits per heavy atom. The molecule has 2 aromatic carbocycles. The van der Waals surface area contributed by atoms with Crippen molar-refractivity contribution in [1.29, 1.82) is 0 Å². The number of aliphatic hydroxyl groups is 1. The van der Waals surface area contributed by atoms with Crippen molar-refractivity contribution >= 4 is 49.8 Å². The minimum Gasteiger partial charge on any atom is -0.505 e. The number of ether oxygens (including phenoxy) is 3. The lowest BCUT2D eigenvalue weighted by Crippen LogP contribution is -2.29. The summed E-state index contributed by atoms with van der Waals surface area (Å²) in [4.78, 5) is 38.3. The molecule has 1 fully saturated rings. The van der Waals surface area contributed by atoms with E-state index in [1.807, 2.05) is 45.0 Å². The van der Waals surface area contributed by atoms with E-state index in [1.165, 1.54) is 16.2 Å². The molecule has 1 atom stereocenters. The van der Waals surface area contributed by atoms with E-state index in [0.29, 0.717) is 70.3 Å². The van der Waals surface area contributed by atoms with Crippen molar-refractivity contribution in [2.75, 3.05) is 24.7 Å². The Labute approximate surface area is 251 Å². The minimum atomic E-state index is -1.00. The van der Waals surface area contributed by atoms with Gasteiger partial charge < -0.3 is 19.3 Å². The SMILES string of the molecule is CCOc1ccc2nc(N3C(=O)C(=O)/C(=C(/O)c4c(C)nc5ccccn45)C3c3ccc(OCC)c(OCC)c3)sc2c1. The number of carbonyl (C=O) groups is 2. The number of amides is 1. The maximum atomic E-state index is 13.9. The number of rotatable bonds is 9. The fourth-order valence-corrected chi connectivity index (χ4v) is 6.38. The van der Waals surface area contributed by atoms with Crippen molar-refractivity contribution in [2.24, 2.45) is 0 Å². The van der Waals surface area contributed by atoms with Crippen LogP contribution >= 0.6 is 11.3 Å². The second-order valence-electron chi connectivity index (χ2n) is 9.77. The number of aliphatic hydroxyl groups excluding tert-OH is 1. The monoisotopic (exact) mass is 598 g/mol. The van der Waals surface area contributed by atoms with Crippen LogP contribution in [0.15, 0.2) is 66.4 Å². The van der Waals surface area contributed by atoms with Crippen LogP contribution in [0.5, 0.6) is 17.2 Å². The number of benzene rings is 2. The number of carbonyl (C=O) groups excluding carboxylic acids is 2. The van der Waals surface area contributed by atoms with E-state index in [9.17, 15) is 14.7 Å². The highest BCUT2D eigenvalue weighted by Crippen LogP contribution is 2.46. The molecule has 1 unspecified atom stereocenters. The molecule has 1 N–H and O–H groups in total. The molecule has 0 aliphatic carbocycles. The predicted octanol–water partition coefficient (Wildman–Crippen LogP) is 6.07. The average molecular weight is 599 g/mol. The number of aryl methyl sites for hydroxylation is 1. The van der Waals surface area contributed by atoms with E-state index in [2.05, 4.69) is 4.98 Å². The maximum Gasteiger partial charge on any atom is 0.301 e. The van der Waals surface area contributed by atoms with Crippen LogP contribution in [-0.2, 0) is 9.59 Å². The molecule has 1 amide bonds. The van der Waals surface area contributed by atoms with Gasteiger partial charge in [-0.15, -0.1) is 0 Å². The largest absolute Gasteiger partial charge is 0.505 e. The summed E-state index contributed by atoms with van der Waals surface area (Å²) in [6.07, 6.45) is 1.75. The van der Waals surface area contributed by atoms with Gasteiger partial charge in [-0.05, 0) is 75.7 Å². The van der Waals surface area contributed by atoms with E-state index in [4.69, 9.17) is 19.2 Å². The second-order valence-corrected chi connectivity index (χ2v) is 10.8. The maximum absolute atomic E-state index is 13.9. The summed E-state index contributed by atoms with van der Waals surface area (Å²) in [5.74, 6) is -0.272. The molecule has 3 aromatic heterocycles. The van der Waals surface area contributed by atoms with Gasteiger partial charge in [-0.1, -0.05) is 23.5 Å². The lowest BCUT2D eigenvalue weighted by atomic mass is 9.96. The van der Waals surface area contributed by atoms with Crippen LogP contribution in [0.25, 0.3) is 21.6 Å². The molecule has 0 radical (unpaired) electrons. The lowest BCUT2D eigenvalue weighted by Gasteiger charge is -2.24. The zero-order valence-electron chi connectivity index (χ0n) is 24.2. The van der Waals surface area contributed by atoms with Crippen LogP contribution in [0.4, 0.5) is 5.13 Å². The fraction of sp³-hybridized carbons (Fsp3) is 0.250. The lowest BCUT2D eigenvalue weighted by molar-refractivity contribution is -0.132. The van der Waals surface area contributed by atoms with Gasteiger partial charge in [-0.25, -0.2) is 9.97 Å². The van der Waals surface area contributed by atoms with Crippen LogP contribution in [-0.4, -0.2) is 51.0 Å². The highest BCUT2D eigenvalue weighted by atomic mass is 32.1. The van der Waals surface area contributed by atoms with Gasteiger partial charge in [0, 0.05) is 6.20 Å². The minimum absolute atomic E-state index is 0.0698. The molecule has 0 bridgehead atoms. The quantitative estimate of drug-likeness (QED) is 0.123. The predicted molar refractivity (Wildman–Crippen MR) is 164 cm³/mol. The van der Waals surface area contributed by atoms with Crippen LogP contribution in [0, 0.1) is 6.92 Å². The molecule has 1 aliphatic rings. The molecule has 1 saturated heterocycles. The number of nitrogens with zero attached hydrogens (tertiary/aromatic N) is 4.